The lowest BCUT2D eigenvalue weighted by atomic mass is 10.2. The minimum Gasteiger partial charge on any atom is -0.397 e. The molecular formula is C14H16N6O3S. The minimum atomic E-state index is -3.45. The van der Waals surface area contributed by atoms with Gasteiger partial charge in [0.2, 0.25) is 10.0 Å². The average Bonchev–Trinajstić information content (AvgIpc) is 3.01. The van der Waals surface area contributed by atoms with E-state index in [-0.39, 0.29) is 18.3 Å². The van der Waals surface area contributed by atoms with Crippen LogP contribution in [-0.2, 0) is 16.6 Å². The van der Waals surface area contributed by atoms with Gasteiger partial charge in [0.05, 0.1) is 23.7 Å². The van der Waals surface area contributed by atoms with Gasteiger partial charge in [-0.1, -0.05) is 12.1 Å². The molecule has 0 atom stereocenters. The van der Waals surface area contributed by atoms with Crippen molar-refractivity contribution in [1.29, 1.82) is 0 Å². The summed E-state index contributed by atoms with van der Waals surface area (Å²) in [7, 11) is -3.45. The lowest BCUT2D eigenvalue weighted by Gasteiger charge is -2.08. The summed E-state index contributed by atoms with van der Waals surface area (Å²) >= 11 is 0. The van der Waals surface area contributed by atoms with Crippen molar-refractivity contribution in [3.8, 4) is 0 Å². The van der Waals surface area contributed by atoms with Crippen LogP contribution in [0.1, 0.15) is 10.5 Å². The molecule has 2 aromatic heterocycles. The topological polar surface area (TPSA) is 125 Å². The number of hydrogen-bond donors (Lipinski definition) is 2. The molecule has 24 heavy (non-hydrogen) atoms. The van der Waals surface area contributed by atoms with Crippen LogP contribution in [0, 0.1) is 6.92 Å². The highest BCUT2D eigenvalue weighted by Gasteiger charge is 2.16. The van der Waals surface area contributed by atoms with Crippen molar-refractivity contribution in [3.63, 3.8) is 0 Å². The summed E-state index contributed by atoms with van der Waals surface area (Å²) in [5.74, 6) is -0.221. The van der Waals surface area contributed by atoms with Crippen LogP contribution in [-0.4, -0.2) is 40.1 Å². The highest BCUT2D eigenvalue weighted by Crippen LogP contribution is 2.25. The largest absolute Gasteiger partial charge is 0.397 e. The number of benzene rings is 1. The first-order valence-electron chi connectivity index (χ1n) is 7.02. The molecule has 0 fully saturated rings. The van der Waals surface area contributed by atoms with E-state index in [4.69, 9.17) is 5.73 Å². The molecule has 0 aliphatic rings. The molecule has 0 saturated carbocycles. The Bertz CT molecular complexity index is 1030. The highest BCUT2D eigenvalue weighted by atomic mass is 32.2. The molecule has 3 rings (SSSR count). The maximum Gasteiger partial charge on any atom is 0.254 e. The summed E-state index contributed by atoms with van der Waals surface area (Å²) in [6, 6.07) is 7.30. The normalized spacial score (nSPS) is 11.8. The number of nitrogens with one attached hydrogen (secondary N) is 1. The maximum absolute atomic E-state index is 12.6. The van der Waals surface area contributed by atoms with Gasteiger partial charge in [-0.25, -0.2) is 8.42 Å². The molecule has 0 unspecified atom stereocenters. The fraction of sp³-hybridized carbons (Fsp3) is 0.214. The minimum absolute atomic E-state index is 0.0545. The third-order valence-corrected chi connectivity index (χ3v) is 3.97. The Morgan fingerprint density at radius 3 is 2.83 bits per heavy atom. The molecule has 9 nitrogen and oxygen atoms in total. The number of anilines is 2. The Morgan fingerprint density at radius 2 is 2.12 bits per heavy atom. The monoisotopic (exact) mass is 348 g/mol. The fourth-order valence-electron chi connectivity index (χ4n) is 2.54. The highest BCUT2D eigenvalue weighted by molar-refractivity contribution is 7.92. The molecule has 0 aliphatic carbocycles. The van der Waals surface area contributed by atoms with E-state index in [1.807, 2.05) is 25.1 Å². The number of nitrogen functional groups attached to an aromatic ring is 1. The third kappa shape index (κ3) is 3.08. The quantitative estimate of drug-likeness (QED) is 0.673. The number of aryl methyl sites for hydroxylation is 1. The second-order valence-electron chi connectivity index (χ2n) is 5.43. The zero-order chi connectivity index (χ0) is 17.5. The molecule has 0 spiro atoms. The molecule has 1 aromatic carbocycles. The predicted octanol–water partition coefficient (Wildman–Crippen LogP) is 0.835. The Hall–Kier alpha value is -2.88. The van der Waals surface area contributed by atoms with Crippen LogP contribution in [0.15, 0.2) is 30.5 Å². The molecule has 3 N–H and O–H groups in total. The van der Waals surface area contributed by atoms with Crippen molar-refractivity contribution in [3.05, 3.63) is 36.2 Å². The van der Waals surface area contributed by atoms with Crippen LogP contribution in [0.4, 0.5) is 11.5 Å². The lowest BCUT2D eigenvalue weighted by molar-refractivity contribution is 0.0884. The van der Waals surface area contributed by atoms with Crippen LogP contribution in [0.5, 0.6) is 0 Å². The first kappa shape index (κ1) is 16.0. The van der Waals surface area contributed by atoms with E-state index in [0.29, 0.717) is 11.2 Å². The van der Waals surface area contributed by atoms with E-state index in [2.05, 4.69) is 14.9 Å². The van der Waals surface area contributed by atoms with Gasteiger partial charge < -0.3 is 5.73 Å². The van der Waals surface area contributed by atoms with Gasteiger partial charge in [0.25, 0.3) is 5.91 Å². The van der Waals surface area contributed by atoms with Crippen LogP contribution in [0.2, 0.25) is 0 Å². The van der Waals surface area contributed by atoms with Gasteiger partial charge in [-0.15, -0.1) is 5.10 Å². The van der Waals surface area contributed by atoms with Crippen molar-refractivity contribution in [1.82, 2.24) is 19.6 Å². The third-order valence-electron chi connectivity index (χ3n) is 3.39. The first-order chi connectivity index (χ1) is 11.2. The zero-order valence-corrected chi connectivity index (χ0v) is 13.9. The summed E-state index contributed by atoms with van der Waals surface area (Å²) in [6.07, 6.45) is 2.25. The number of hydrogen-bond acceptors (Lipinski definition) is 6. The predicted molar refractivity (Wildman–Crippen MR) is 90.2 cm³/mol. The van der Waals surface area contributed by atoms with Gasteiger partial charge in [-0.3, -0.25) is 14.1 Å². The second kappa shape index (κ2) is 5.64. The smallest absolute Gasteiger partial charge is 0.254 e. The first-order valence-corrected chi connectivity index (χ1v) is 8.91. The number of carbonyl (C=O) groups is 1. The van der Waals surface area contributed by atoms with Crippen molar-refractivity contribution in [2.45, 2.75) is 13.5 Å². The Balaban J connectivity index is 1.90. The van der Waals surface area contributed by atoms with Gasteiger partial charge in [0.1, 0.15) is 6.54 Å². The summed E-state index contributed by atoms with van der Waals surface area (Å²) in [6.45, 7) is 1.66. The van der Waals surface area contributed by atoms with Gasteiger partial charge >= 0.3 is 0 Å². The van der Waals surface area contributed by atoms with Crippen LogP contribution >= 0.6 is 0 Å². The molecule has 0 aliphatic heterocycles. The van der Waals surface area contributed by atoms with Gasteiger partial charge in [-0.05, 0) is 19.1 Å². The SMILES string of the molecule is Cc1cc2cccc(N)c2n1C(=O)Cn1ncc(NS(C)(=O)=O)n1. The number of fused-ring (bicyclic) bond motifs is 1. The number of rotatable bonds is 4. The van der Waals surface area contributed by atoms with Crippen LogP contribution in [0.3, 0.4) is 0 Å². The Kier molecular flexibility index (Phi) is 3.76. The van der Waals surface area contributed by atoms with Crippen molar-refractivity contribution in [2.24, 2.45) is 0 Å². The molecule has 0 saturated heterocycles. The number of nitrogens with zero attached hydrogens (tertiary/aromatic N) is 4. The van der Waals surface area contributed by atoms with E-state index < -0.39 is 10.0 Å². The summed E-state index contributed by atoms with van der Waals surface area (Å²) in [5, 5.41) is 8.69. The summed E-state index contributed by atoms with van der Waals surface area (Å²) < 4.78 is 26.1. The molecule has 0 bridgehead atoms. The van der Waals surface area contributed by atoms with Gasteiger partial charge in [0, 0.05) is 11.1 Å². The van der Waals surface area contributed by atoms with Gasteiger partial charge in [-0.2, -0.15) is 9.90 Å². The van der Waals surface area contributed by atoms with E-state index in [1.54, 1.807) is 6.07 Å². The molecule has 126 valence electrons. The van der Waals surface area contributed by atoms with Crippen LogP contribution < -0.4 is 10.5 Å². The standard InChI is InChI=1S/C14H16N6O3S/c1-9-6-10-4-3-5-11(15)14(10)20(9)13(21)8-19-16-7-12(17-19)18-24(2,22)23/h3-7H,8,15H2,1-2H3,(H,17,18). The van der Waals surface area contributed by atoms with E-state index in [9.17, 15) is 13.2 Å². The van der Waals surface area contributed by atoms with E-state index >= 15 is 0 Å². The Labute approximate surface area is 138 Å². The van der Waals surface area contributed by atoms with E-state index in [1.165, 1.54) is 10.8 Å². The van der Waals surface area contributed by atoms with Crippen molar-refractivity contribution >= 4 is 38.3 Å². The lowest BCUT2D eigenvalue weighted by Crippen LogP contribution is -2.21. The van der Waals surface area contributed by atoms with Crippen LogP contribution in [0.25, 0.3) is 10.9 Å². The fourth-order valence-corrected chi connectivity index (χ4v) is 3.02. The number of nitrogens with two attached hydrogens (primary N) is 1. The molecule has 3 aromatic rings. The van der Waals surface area contributed by atoms with E-state index in [0.717, 1.165) is 22.1 Å². The number of aromatic nitrogens is 4. The zero-order valence-electron chi connectivity index (χ0n) is 13.1. The van der Waals surface area contributed by atoms with Crippen molar-refractivity contribution < 1.29 is 13.2 Å². The maximum atomic E-state index is 12.6. The van der Waals surface area contributed by atoms with Crippen molar-refractivity contribution in [2.75, 3.05) is 16.7 Å². The number of carbonyl (C=O) groups excluding carboxylic acids is 1. The summed E-state index contributed by atoms with van der Waals surface area (Å²) in [4.78, 5) is 13.7. The second-order valence-corrected chi connectivity index (χ2v) is 7.18. The van der Waals surface area contributed by atoms with Gasteiger partial charge in [0.15, 0.2) is 5.82 Å². The molecule has 0 amide bonds. The molecule has 0 radical (unpaired) electrons. The number of para-hydroxylation sites is 1. The Morgan fingerprint density at radius 1 is 1.38 bits per heavy atom. The molecular weight excluding hydrogens is 332 g/mol. The molecule has 10 heteroatoms. The summed E-state index contributed by atoms with van der Waals surface area (Å²) in [5.41, 5.74) is 7.87. The number of sulfonamides is 1. The average molecular weight is 348 g/mol. The molecule has 2 heterocycles.